The van der Waals surface area contributed by atoms with E-state index < -0.39 is 21.6 Å². The number of ether oxygens (including phenoxy) is 1. The van der Waals surface area contributed by atoms with Gasteiger partial charge in [0.2, 0.25) is 9.84 Å². The molecule has 0 aliphatic rings. The second kappa shape index (κ2) is 8.99. The van der Waals surface area contributed by atoms with Gasteiger partial charge in [-0.25, -0.2) is 17.8 Å². The lowest BCUT2D eigenvalue weighted by molar-refractivity contribution is -0.139. The third kappa shape index (κ3) is 4.42. The number of sulfone groups is 1. The molecule has 3 aromatic carbocycles. The monoisotopic (exact) mass is 464 g/mol. The predicted octanol–water partition coefficient (Wildman–Crippen LogP) is 4.54. The van der Waals surface area contributed by atoms with Crippen LogP contribution in [0.1, 0.15) is 11.3 Å². The van der Waals surface area contributed by atoms with Crippen molar-refractivity contribution in [2.75, 3.05) is 7.11 Å². The first kappa shape index (κ1) is 22.4. The molecule has 1 heterocycles. The number of aromatic nitrogens is 2. The van der Waals surface area contributed by atoms with E-state index in [1.807, 2.05) is 13.0 Å². The van der Waals surface area contributed by atoms with Crippen LogP contribution < -0.4 is 0 Å². The van der Waals surface area contributed by atoms with Gasteiger partial charge in [-0.2, -0.15) is 0 Å². The highest BCUT2D eigenvalue weighted by molar-refractivity contribution is 7.91. The molecule has 4 aromatic rings. The van der Waals surface area contributed by atoms with E-state index >= 15 is 0 Å². The van der Waals surface area contributed by atoms with E-state index in [2.05, 4.69) is 4.98 Å². The molecule has 0 aliphatic heterocycles. The van der Waals surface area contributed by atoms with Crippen molar-refractivity contribution < 1.29 is 22.3 Å². The highest BCUT2D eigenvalue weighted by atomic mass is 32.2. The summed E-state index contributed by atoms with van der Waals surface area (Å²) in [5, 5.41) is -0.250. The van der Waals surface area contributed by atoms with Crippen LogP contribution in [0.2, 0.25) is 0 Å². The third-order valence-electron chi connectivity index (χ3n) is 5.18. The predicted molar refractivity (Wildman–Crippen MR) is 121 cm³/mol. The Hall–Kier alpha value is -3.78. The molecule has 0 spiro atoms. The summed E-state index contributed by atoms with van der Waals surface area (Å²) in [6.45, 7) is 1.86. The zero-order valence-electron chi connectivity index (χ0n) is 18.0. The Morgan fingerprint density at radius 1 is 0.970 bits per heavy atom. The van der Waals surface area contributed by atoms with Crippen molar-refractivity contribution in [2.45, 2.75) is 23.3 Å². The van der Waals surface area contributed by atoms with Crippen LogP contribution in [0.25, 0.3) is 17.1 Å². The Balaban J connectivity index is 2.05. The molecule has 1 aromatic heterocycles. The number of imidazole rings is 1. The van der Waals surface area contributed by atoms with E-state index in [9.17, 15) is 17.6 Å². The van der Waals surface area contributed by atoms with E-state index in [-0.39, 0.29) is 22.0 Å². The number of halogens is 1. The van der Waals surface area contributed by atoms with Crippen LogP contribution in [-0.2, 0) is 25.8 Å². The van der Waals surface area contributed by atoms with Gasteiger partial charge in [0.15, 0.2) is 5.03 Å². The van der Waals surface area contributed by atoms with Gasteiger partial charge < -0.3 is 4.74 Å². The first-order chi connectivity index (χ1) is 15.8. The molecular weight excluding hydrogens is 443 g/mol. The lowest BCUT2D eigenvalue weighted by atomic mass is 10.2. The van der Waals surface area contributed by atoms with Crippen molar-refractivity contribution in [1.29, 1.82) is 0 Å². The van der Waals surface area contributed by atoms with E-state index in [1.165, 1.54) is 43.5 Å². The molecule has 0 fully saturated rings. The largest absolute Gasteiger partial charge is 0.469 e. The van der Waals surface area contributed by atoms with E-state index in [0.29, 0.717) is 17.1 Å². The lowest BCUT2D eigenvalue weighted by Crippen LogP contribution is -2.14. The fourth-order valence-electron chi connectivity index (χ4n) is 3.49. The van der Waals surface area contributed by atoms with E-state index in [4.69, 9.17) is 4.74 Å². The summed E-state index contributed by atoms with van der Waals surface area (Å²) >= 11 is 0. The number of methoxy groups -OCH3 is 1. The number of carbonyl (C=O) groups is 1. The van der Waals surface area contributed by atoms with Crippen molar-refractivity contribution >= 4 is 15.8 Å². The highest BCUT2D eigenvalue weighted by Crippen LogP contribution is 2.32. The van der Waals surface area contributed by atoms with Gasteiger partial charge in [0.1, 0.15) is 11.6 Å². The van der Waals surface area contributed by atoms with Gasteiger partial charge in [-0.1, -0.05) is 48.0 Å². The van der Waals surface area contributed by atoms with Crippen molar-refractivity contribution in [3.05, 3.63) is 95.9 Å². The van der Waals surface area contributed by atoms with Crippen molar-refractivity contribution in [3.63, 3.8) is 0 Å². The average Bonchev–Trinajstić information content (AvgIpc) is 3.20. The minimum Gasteiger partial charge on any atom is -0.469 e. The molecule has 0 radical (unpaired) electrons. The maximum atomic E-state index is 13.6. The molecule has 0 amide bonds. The van der Waals surface area contributed by atoms with Crippen LogP contribution in [0.15, 0.2) is 88.8 Å². The molecule has 0 saturated heterocycles. The van der Waals surface area contributed by atoms with Crippen LogP contribution in [-0.4, -0.2) is 31.0 Å². The summed E-state index contributed by atoms with van der Waals surface area (Å²) in [5.74, 6) is -0.757. The molecule has 4 rings (SSSR count). The van der Waals surface area contributed by atoms with Gasteiger partial charge in [0.25, 0.3) is 0 Å². The van der Waals surface area contributed by atoms with Crippen LogP contribution in [0.5, 0.6) is 0 Å². The zero-order chi connectivity index (χ0) is 23.6. The Morgan fingerprint density at radius 3 is 2.21 bits per heavy atom. The normalized spacial score (nSPS) is 11.4. The number of hydrogen-bond donors (Lipinski definition) is 0. The average molecular weight is 465 g/mol. The Kier molecular flexibility index (Phi) is 6.11. The van der Waals surface area contributed by atoms with Gasteiger partial charge in [-0.05, 0) is 43.3 Å². The summed E-state index contributed by atoms with van der Waals surface area (Å²) in [7, 11) is -2.85. The number of aryl methyl sites for hydroxylation is 1. The maximum absolute atomic E-state index is 13.6. The Labute approximate surface area is 191 Å². The Morgan fingerprint density at radius 2 is 1.61 bits per heavy atom. The second-order valence-corrected chi connectivity index (χ2v) is 9.30. The molecule has 0 bridgehead atoms. The summed E-state index contributed by atoms with van der Waals surface area (Å²) in [4.78, 5) is 16.9. The molecule has 33 heavy (non-hydrogen) atoms. The summed E-state index contributed by atoms with van der Waals surface area (Å²) < 4.78 is 47.3. The summed E-state index contributed by atoms with van der Waals surface area (Å²) in [6, 6.07) is 20.9. The van der Waals surface area contributed by atoms with Gasteiger partial charge in [-0.15, -0.1) is 0 Å². The van der Waals surface area contributed by atoms with Gasteiger partial charge in [-0.3, -0.25) is 9.36 Å². The van der Waals surface area contributed by atoms with Gasteiger partial charge in [0.05, 0.1) is 24.1 Å². The first-order valence-corrected chi connectivity index (χ1v) is 11.6. The fraction of sp³-hybridized carbons (Fsp3) is 0.120. The number of esters is 1. The molecule has 0 atom stereocenters. The van der Waals surface area contributed by atoms with Crippen molar-refractivity contribution in [1.82, 2.24) is 9.55 Å². The SMILES string of the molecule is COC(=O)Cc1c(S(=O)(=O)c2ccc(C)cc2)nc(-c2ccccc2)n1-c1ccc(F)cc1. The highest BCUT2D eigenvalue weighted by Gasteiger charge is 2.31. The molecule has 0 unspecified atom stereocenters. The summed E-state index contributed by atoms with van der Waals surface area (Å²) in [5.41, 5.74) is 2.14. The van der Waals surface area contributed by atoms with Crippen LogP contribution in [0, 0.1) is 12.7 Å². The number of nitrogens with zero attached hydrogens (tertiary/aromatic N) is 2. The summed E-state index contributed by atoms with van der Waals surface area (Å²) in [6.07, 6.45) is -0.339. The third-order valence-corrected chi connectivity index (χ3v) is 6.91. The van der Waals surface area contributed by atoms with E-state index in [0.717, 1.165) is 5.56 Å². The standard InChI is InChI=1S/C25H21FN2O4S/c1-17-8-14-21(15-9-17)33(30,31)25-22(16-23(29)32-2)28(20-12-10-19(26)11-13-20)24(27-25)18-6-4-3-5-7-18/h3-15H,16H2,1-2H3. The lowest BCUT2D eigenvalue weighted by Gasteiger charge is -2.13. The van der Waals surface area contributed by atoms with Gasteiger partial charge in [0, 0.05) is 11.3 Å². The molecule has 8 heteroatoms. The van der Waals surface area contributed by atoms with Gasteiger partial charge >= 0.3 is 5.97 Å². The van der Waals surface area contributed by atoms with Crippen molar-refractivity contribution in [2.24, 2.45) is 0 Å². The smallest absolute Gasteiger partial charge is 0.311 e. The Bertz CT molecular complexity index is 1400. The number of hydrogen-bond acceptors (Lipinski definition) is 5. The topological polar surface area (TPSA) is 78.3 Å². The maximum Gasteiger partial charge on any atom is 0.311 e. The zero-order valence-corrected chi connectivity index (χ0v) is 18.8. The fourth-order valence-corrected chi connectivity index (χ4v) is 4.89. The molecule has 0 aliphatic carbocycles. The van der Waals surface area contributed by atoms with Crippen LogP contribution >= 0.6 is 0 Å². The van der Waals surface area contributed by atoms with E-state index in [1.54, 1.807) is 41.0 Å². The number of carbonyl (C=O) groups excluding carboxylic acids is 1. The molecule has 0 N–H and O–H groups in total. The quantitative estimate of drug-likeness (QED) is 0.392. The molecule has 6 nitrogen and oxygen atoms in total. The molecule has 168 valence electrons. The first-order valence-electron chi connectivity index (χ1n) is 10.1. The minimum absolute atomic E-state index is 0.0579. The van der Waals surface area contributed by atoms with Crippen LogP contribution in [0.4, 0.5) is 4.39 Å². The molecule has 0 saturated carbocycles. The van der Waals surface area contributed by atoms with Crippen molar-refractivity contribution in [3.8, 4) is 17.1 Å². The molecular formula is C25H21FN2O4S. The number of rotatable bonds is 6. The van der Waals surface area contributed by atoms with Crippen LogP contribution in [0.3, 0.4) is 0 Å². The second-order valence-electron chi connectivity index (χ2n) is 7.43. The minimum atomic E-state index is -4.08. The number of benzene rings is 3.